The molecule has 0 spiro atoms. The number of rotatable bonds is 7. The molecule has 2 aromatic rings. The number of carboxylic acids is 1. The third-order valence-corrected chi connectivity index (χ3v) is 3.15. The zero-order chi connectivity index (χ0) is 16.3. The monoisotopic (exact) mass is 305 g/mol. The van der Waals surface area contributed by atoms with Gasteiger partial charge >= 0.3 is 5.97 Å². The van der Waals surface area contributed by atoms with Crippen molar-refractivity contribution in [2.24, 2.45) is 0 Å². The molecule has 0 saturated heterocycles. The highest BCUT2D eigenvalue weighted by molar-refractivity contribution is 5.79. The molecule has 0 aromatic heterocycles. The van der Waals surface area contributed by atoms with Crippen molar-refractivity contribution < 1.29 is 19.7 Å². The van der Waals surface area contributed by atoms with Crippen LogP contribution in [0.3, 0.4) is 0 Å². The van der Waals surface area contributed by atoms with Crippen molar-refractivity contribution in [2.45, 2.75) is 19.4 Å². The van der Waals surface area contributed by atoms with E-state index in [1.165, 1.54) is 12.1 Å². The number of nitrogens with one attached hydrogen (secondary N) is 1. The first kappa shape index (κ1) is 15.6. The van der Waals surface area contributed by atoms with Crippen molar-refractivity contribution in [3.05, 3.63) is 50.3 Å². The number of carbonyl (C=O) groups is 1. The minimum atomic E-state index is -1.16. The van der Waals surface area contributed by atoms with Gasteiger partial charge in [0.15, 0.2) is 5.75 Å². The van der Waals surface area contributed by atoms with E-state index in [1.807, 2.05) is 0 Å². The minimum Gasteiger partial charge on any atom is -0.508 e. The lowest BCUT2D eigenvalue weighted by molar-refractivity contribution is -0.137. The van der Waals surface area contributed by atoms with Gasteiger partial charge in [0, 0.05) is 6.42 Å². The summed E-state index contributed by atoms with van der Waals surface area (Å²) in [5, 5.41) is 21.0. The van der Waals surface area contributed by atoms with Crippen LogP contribution in [0.1, 0.15) is 12.5 Å². The molecular formula is C15H15NO6. The van der Waals surface area contributed by atoms with E-state index in [4.69, 9.17) is 4.74 Å². The van der Waals surface area contributed by atoms with Gasteiger partial charge in [-0.3, -0.25) is 9.59 Å². The lowest BCUT2D eigenvalue weighted by Crippen LogP contribution is -2.41. The summed E-state index contributed by atoms with van der Waals surface area (Å²) in [7, 11) is 0. The molecule has 22 heavy (non-hydrogen) atoms. The Labute approximate surface area is 125 Å². The predicted molar refractivity (Wildman–Crippen MR) is 79.4 cm³/mol. The Balaban J connectivity index is 2.18. The highest BCUT2D eigenvalue weighted by Gasteiger charge is 2.27. The van der Waals surface area contributed by atoms with E-state index in [-0.39, 0.29) is 30.2 Å². The maximum atomic E-state index is 11.5. The van der Waals surface area contributed by atoms with Gasteiger partial charge < -0.3 is 20.3 Å². The van der Waals surface area contributed by atoms with E-state index in [9.17, 15) is 24.6 Å². The molecule has 1 atom stereocenters. The Morgan fingerprint density at radius 2 is 1.86 bits per heavy atom. The molecule has 2 aromatic carbocycles. The van der Waals surface area contributed by atoms with Crippen LogP contribution in [0.2, 0.25) is 0 Å². The first-order valence-electron chi connectivity index (χ1n) is 6.67. The number of hydrogen-bond donors (Lipinski definition) is 3. The number of carboxylic acid groups (broad SMARTS) is 1. The van der Waals surface area contributed by atoms with Gasteiger partial charge in [-0.15, -0.1) is 0 Å². The molecule has 0 aliphatic carbocycles. The topological polar surface area (TPSA) is 113 Å². The minimum absolute atomic E-state index is 0.0738. The number of ether oxygens (including phenoxy) is 1. The van der Waals surface area contributed by atoms with Crippen LogP contribution in [-0.2, 0) is 11.2 Å². The smallest absolute Gasteiger partial charge is 0.326 e. The van der Waals surface area contributed by atoms with Crippen molar-refractivity contribution >= 4 is 11.7 Å². The van der Waals surface area contributed by atoms with Gasteiger partial charge in [0.1, 0.15) is 17.5 Å². The van der Waals surface area contributed by atoms with Crippen molar-refractivity contribution in [1.29, 1.82) is 0 Å². The normalized spacial score (nSPS) is 12.0. The second-order valence-electron chi connectivity index (χ2n) is 4.70. The fourth-order valence-corrected chi connectivity index (χ4v) is 2.03. The molecule has 1 unspecified atom stereocenters. The zero-order valence-electron chi connectivity index (χ0n) is 11.8. The fraction of sp³-hybridized carbons (Fsp3) is 0.267. The van der Waals surface area contributed by atoms with Crippen molar-refractivity contribution in [3.63, 3.8) is 0 Å². The second kappa shape index (κ2) is 6.30. The molecule has 7 heteroatoms. The van der Waals surface area contributed by atoms with Crippen LogP contribution in [0, 0.1) is 0 Å². The van der Waals surface area contributed by atoms with Gasteiger partial charge in [0.25, 0.3) is 10.9 Å². The number of phenolic OH excluding ortho intramolecular Hbond substituents is 1. The predicted octanol–water partition coefficient (Wildman–Crippen LogP) is 0.495. The molecule has 0 saturated carbocycles. The summed E-state index contributed by atoms with van der Waals surface area (Å²) in [5.74, 6) is -1.21. The van der Waals surface area contributed by atoms with Gasteiger partial charge in [-0.1, -0.05) is 12.1 Å². The van der Waals surface area contributed by atoms with Crippen LogP contribution >= 0.6 is 0 Å². The quantitative estimate of drug-likeness (QED) is 0.638. The Hall–Kier alpha value is -2.83. The van der Waals surface area contributed by atoms with E-state index < -0.39 is 22.9 Å². The van der Waals surface area contributed by atoms with Crippen molar-refractivity contribution in [1.82, 2.24) is 0 Å². The third kappa shape index (κ3) is 3.08. The molecule has 3 N–H and O–H groups in total. The summed E-state index contributed by atoms with van der Waals surface area (Å²) in [6.45, 7) is 1.86. The van der Waals surface area contributed by atoms with Crippen LogP contribution in [-0.4, -0.2) is 28.8 Å². The van der Waals surface area contributed by atoms with Crippen LogP contribution in [0.25, 0.3) is 0 Å². The Bertz CT molecular complexity index is 742. The SMILES string of the molecule is CCOc1c(NC(Cc2ccc(O)cc2)C(=O)O)c(=O)c1=O. The summed E-state index contributed by atoms with van der Waals surface area (Å²) >= 11 is 0. The number of phenols is 1. The zero-order valence-corrected chi connectivity index (χ0v) is 11.8. The van der Waals surface area contributed by atoms with E-state index >= 15 is 0 Å². The van der Waals surface area contributed by atoms with Gasteiger partial charge in [0.2, 0.25) is 0 Å². The molecule has 0 amide bonds. The van der Waals surface area contributed by atoms with Crippen LogP contribution in [0.5, 0.6) is 11.5 Å². The second-order valence-corrected chi connectivity index (χ2v) is 4.70. The first-order valence-corrected chi connectivity index (χ1v) is 6.67. The molecule has 0 radical (unpaired) electrons. The summed E-state index contributed by atoms with van der Waals surface area (Å²) in [5.41, 5.74) is -0.967. The molecule has 0 fully saturated rings. The van der Waals surface area contributed by atoms with Gasteiger partial charge in [-0.25, -0.2) is 4.79 Å². The van der Waals surface area contributed by atoms with Gasteiger partial charge in [0.05, 0.1) is 6.61 Å². The molecule has 7 nitrogen and oxygen atoms in total. The summed E-state index contributed by atoms with van der Waals surface area (Å²) in [6.07, 6.45) is 0.0833. The summed E-state index contributed by atoms with van der Waals surface area (Å²) in [6, 6.07) is 4.96. The van der Waals surface area contributed by atoms with Crippen LogP contribution in [0.4, 0.5) is 5.69 Å². The molecule has 116 valence electrons. The standard InChI is InChI=1S/C15H15NO6/c1-2-22-14-11(12(18)13(14)19)16-10(15(20)21)7-8-3-5-9(17)6-4-8/h3-6,10,16-17H,2,7H2,1H3,(H,20,21). The third-order valence-electron chi connectivity index (χ3n) is 3.15. The summed E-state index contributed by atoms with van der Waals surface area (Å²) in [4.78, 5) is 34.2. The van der Waals surface area contributed by atoms with Crippen molar-refractivity contribution in [2.75, 3.05) is 11.9 Å². The first-order chi connectivity index (χ1) is 10.4. The van der Waals surface area contributed by atoms with Crippen LogP contribution < -0.4 is 20.9 Å². The largest absolute Gasteiger partial charge is 0.508 e. The average molecular weight is 305 g/mol. The van der Waals surface area contributed by atoms with E-state index in [0.717, 1.165) is 0 Å². The molecule has 0 bridgehead atoms. The molecular weight excluding hydrogens is 290 g/mol. The molecule has 0 heterocycles. The average Bonchev–Trinajstić information content (AvgIpc) is 2.50. The lowest BCUT2D eigenvalue weighted by Gasteiger charge is -2.19. The number of hydrogen-bond acceptors (Lipinski definition) is 6. The fourth-order valence-electron chi connectivity index (χ4n) is 2.03. The lowest BCUT2D eigenvalue weighted by atomic mass is 10.0. The highest BCUT2D eigenvalue weighted by atomic mass is 16.5. The number of aliphatic carboxylic acids is 1. The van der Waals surface area contributed by atoms with Crippen molar-refractivity contribution in [3.8, 4) is 11.5 Å². The van der Waals surface area contributed by atoms with Gasteiger partial charge in [-0.2, -0.15) is 0 Å². The van der Waals surface area contributed by atoms with Crippen LogP contribution in [0.15, 0.2) is 33.9 Å². The number of anilines is 1. The maximum absolute atomic E-state index is 11.5. The molecule has 0 aliphatic rings. The van der Waals surface area contributed by atoms with E-state index in [1.54, 1.807) is 19.1 Å². The number of benzene rings is 1. The Morgan fingerprint density at radius 1 is 1.23 bits per heavy atom. The van der Waals surface area contributed by atoms with Gasteiger partial charge in [-0.05, 0) is 24.6 Å². The Morgan fingerprint density at radius 3 is 2.41 bits per heavy atom. The maximum Gasteiger partial charge on any atom is 0.326 e. The highest BCUT2D eigenvalue weighted by Crippen LogP contribution is 2.20. The molecule has 2 rings (SSSR count). The Kier molecular flexibility index (Phi) is 4.45. The van der Waals surface area contributed by atoms with E-state index in [2.05, 4.69) is 5.32 Å². The summed E-state index contributed by atoms with van der Waals surface area (Å²) < 4.78 is 5.04. The van der Waals surface area contributed by atoms with E-state index in [0.29, 0.717) is 5.56 Å². The molecule has 0 aliphatic heterocycles. The number of aromatic hydroxyl groups is 1.